The smallest absolute Gasteiger partial charge is 0.115 e. The molecule has 1 unspecified atom stereocenters. The van der Waals surface area contributed by atoms with Crippen LogP contribution in [0, 0.1) is 0 Å². The van der Waals surface area contributed by atoms with E-state index >= 15 is 0 Å². The van der Waals surface area contributed by atoms with E-state index in [1.54, 1.807) is 6.07 Å². The molecular weight excluding hydrogens is 260 g/mol. The van der Waals surface area contributed by atoms with Gasteiger partial charge in [-0.1, -0.05) is 18.2 Å². The number of phenolic OH excluding ortho intramolecular Hbond substituents is 1. The number of benzene rings is 2. The third kappa shape index (κ3) is 3.03. The standard InChI is InChI=1S/C18H22N2O/c1-20(2)15-6-3-13(4-7-15)12-19-18-10-5-14-11-16(21)8-9-17(14)18/h3-4,6-9,11,18-19,21H,5,10,12H2,1-2H3. The molecule has 1 atom stereocenters. The normalized spacial score (nSPS) is 16.8. The maximum absolute atomic E-state index is 9.54. The van der Waals surface area contributed by atoms with E-state index in [9.17, 15) is 5.11 Å². The zero-order chi connectivity index (χ0) is 14.8. The fourth-order valence-corrected chi connectivity index (χ4v) is 2.97. The molecule has 0 saturated heterocycles. The molecule has 0 radical (unpaired) electrons. The molecule has 0 heterocycles. The molecule has 21 heavy (non-hydrogen) atoms. The summed E-state index contributed by atoms with van der Waals surface area (Å²) in [5.41, 5.74) is 5.13. The Balaban J connectivity index is 1.64. The van der Waals surface area contributed by atoms with E-state index in [1.807, 2.05) is 12.1 Å². The minimum atomic E-state index is 0.369. The lowest BCUT2D eigenvalue weighted by Crippen LogP contribution is -2.18. The number of hydrogen-bond donors (Lipinski definition) is 2. The second kappa shape index (κ2) is 5.78. The first-order chi connectivity index (χ1) is 10.1. The molecule has 3 heteroatoms. The van der Waals surface area contributed by atoms with Crippen molar-refractivity contribution in [3.05, 3.63) is 59.2 Å². The molecule has 110 valence electrons. The van der Waals surface area contributed by atoms with Gasteiger partial charge >= 0.3 is 0 Å². The zero-order valence-corrected chi connectivity index (χ0v) is 12.6. The van der Waals surface area contributed by atoms with Crippen LogP contribution in [0.2, 0.25) is 0 Å². The van der Waals surface area contributed by atoms with Crippen molar-refractivity contribution in [1.82, 2.24) is 5.32 Å². The van der Waals surface area contributed by atoms with Gasteiger partial charge in [-0.2, -0.15) is 0 Å². The highest BCUT2D eigenvalue weighted by Gasteiger charge is 2.21. The zero-order valence-electron chi connectivity index (χ0n) is 12.6. The van der Waals surface area contributed by atoms with Gasteiger partial charge in [-0.15, -0.1) is 0 Å². The van der Waals surface area contributed by atoms with Gasteiger partial charge in [-0.3, -0.25) is 0 Å². The number of nitrogens with zero attached hydrogens (tertiary/aromatic N) is 1. The Kier molecular flexibility index (Phi) is 3.84. The third-order valence-corrected chi connectivity index (χ3v) is 4.21. The molecule has 0 saturated carbocycles. The summed E-state index contributed by atoms with van der Waals surface area (Å²) in [6.45, 7) is 0.874. The summed E-state index contributed by atoms with van der Waals surface area (Å²) in [5, 5.41) is 13.2. The van der Waals surface area contributed by atoms with E-state index in [4.69, 9.17) is 0 Å². The molecular formula is C18H22N2O. The van der Waals surface area contributed by atoms with Crippen LogP contribution in [0.25, 0.3) is 0 Å². The summed E-state index contributed by atoms with van der Waals surface area (Å²) in [6.07, 6.45) is 2.15. The van der Waals surface area contributed by atoms with E-state index < -0.39 is 0 Å². The van der Waals surface area contributed by atoms with E-state index in [0.717, 1.165) is 19.4 Å². The predicted octanol–water partition coefficient (Wildman–Crippen LogP) is 3.24. The Labute approximate surface area is 126 Å². The fourth-order valence-electron chi connectivity index (χ4n) is 2.97. The van der Waals surface area contributed by atoms with Gasteiger partial charge in [-0.25, -0.2) is 0 Å². The van der Waals surface area contributed by atoms with Crippen LogP contribution in [0.4, 0.5) is 5.69 Å². The van der Waals surface area contributed by atoms with Gasteiger partial charge < -0.3 is 15.3 Å². The number of nitrogens with one attached hydrogen (secondary N) is 1. The van der Waals surface area contributed by atoms with E-state index in [0.29, 0.717) is 11.8 Å². The maximum Gasteiger partial charge on any atom is 0.115 e. The Bertz CT molecular complexity index is 620. The van der Waals surface area contributed by atoms with Crippen molar-refractivity contribution in [2.45, 2.75) is 25.4 Å². The molecule has 2 N–H and O–H groups in total. The van der Waals surface area contributed by atoms with Crippen LogP contribution in [0.15, 0.2) is 42.5 Å². The largest absolute Gasteiger partial charge is 0.508 e. The molecule has 0 fully saturated rings. The van der Waals surface area contributed by atoms with E-state index in [-0.39, 0.29) is 0 Å². The molecule has 0 bridgehead atoms. The molecule has 1 aliphatic carbocycles. The number of hydrogen-bond acceptors (Lipinski definition) is 3. The van der Waals surface area contributed by atoms with Crippen molar-refractivity contribution in [3.63, 3.8) is 0 Å². The van der Waals surface area contributed by atoms with E-state index in [2.05, 4.69) is 48.6 Å². The van der Waals surface area contributed by atoms with Crippen molar-refractivity contribution < 1.29 is 5.11 Å². The first-order valence-corrected chi connectivity index (χ1v) is 7.45. The summed E-state index contributed by atoms with van der Waals surface area (Å²) in [7, 11) is 4.11. The fraction of sp³-hybridized carbons (Fsp3) is 0.333. The SMILES string of the molecule is CN(C)c1ccc(CNC2CCc3cc(O)ccc32)cc1. The van der Waals surface area contributed by atoms with Gasteiger partial charge in [0.25, 0.3) is 0 Å². The van der Waals surface area contributed by atoms with Crippen LogP contribution in [0.3, 0.4) is 0 Å². The van der Waals surface area contributed by atoms with Crippen LogP contribution in [-0.2, 0) is 13.0 Å². The first kappa shape index (κ1) is 14.0. The molecule has 0 spiro atoms. The lowest BCUT2D eigenvalue weighted by molar-refractivity contribution is 0.474. The average Bonchev–Trinajstić information content (AvgIpc) is 2.87. The quantitative estimate of drug-likeness (QED) is 0.903. The molecule has 0 amide bonds. The maximum atomic E-state index is 9.54. The Morgan fingerprint density at radius 1 is 1.14 bits per heavy atom. The predicted molar refractivity (Wildman–Crippen MR) is 86.8 cm³/mol. The number of rotatable bonds is 4. The lowest BCUT2D eigenvalue weighted by atomic mass is 10.1. The summed E-state index contributed by atoms with van der Waals surface area (Å²) < 4.78 is 0. The lowest BCUT2D eigenvalue weighted by Gasteiger charge is -2.16. The summed E-state index contributed by atoms with van der Waals surface area (Å²) in [6, 6.07) is 14.8. The molecule has 0 aliphatic heterocycles. The van der Waals surface area contributed by atoms with Gasteiger partial charge in [0.15, 0.2) is 0 Å². The van der Waals surface area contributed by atoms with Crippen LogP contribution in [0.1, 0.15) is 29.2 Å². The highest BCUT2D eigenvalue weighted by Crippen LogP contribution is 2.33. The highest BCUT2D eigenvalue weighted by molar-refractivity contribution is 5.46. The highest BCUT2D eigenvalue weighted by atomic mass is 16.3. The number of phenols is 1. The summed E-state index contributed by atoms with van der Waals surface area (Å²) in [5.74, 6) is 0.369. The van der Waals surface area contributed by atoms with Crippen molar-refractivity contribution in [2.75, 3.05) is 19.0 Å². The van der Waals surface area contributed by atoms with Crippen LogP contribution >= 0.6 is 0 Å². The minimum absolute atomic E-state index is 0.369. The number of fused-ring (bicyclic) bond motifs is 1. The van der Waals surface area contributed by atoms with Crippen LogP contribution in [-0.4, -0.2) is 19.2 Å². The van der Waals surface area contributed by atoms with Gasteiger partial charge in [0, 0.05) is 32.4 Å². The monoisotopic (exact) mass is 282 g/mol. The number of aromatic hydroxyl groups is 1. The van der Waals surface area contributed by atoms with Gasteiger partial charge in [0.05, 0.1) is 0 Å². The first-order valence-electron chi connectivity index (χ1n) is 7.45. The Morgan fingerprint density at radius 3 is 2.62 bits per heavy atom. The molecule has 3 rings (SSSR count). The van der Waals surface area contributed by atoms with E-state index in [1.165, 1.54) is 22.4 Å². The van der Waals surface area contributed by atoms with Crippen molar-refractivity contribution in [3.8, 4) is 5.75 Å². The topological polar surface area (TPSA) is 35.5 Å². The number of aryl methyl sites for hydroxylation is 1. The van der Waals surface area contributed by atoms with Crippen LogP contribution < -0.4 is 10.2 Å². The molecule has 2 aromatic rings. The van der Waals surface area contributed by atoms with Crippen LogP contribution in [0.5, 0.6) is 5.75 Å². The molecule has 3 nitrogen and oxygen atoms in total. The van der Waals surface area contributed by atoms with Crippen molar-refractivity contribution in [1.29, 1.82) is 0 Å². The Hall–Kier alpha value is -2.00. The summed E-state index contributed by atoms with van der Waals surface area (Å²) >= 11 is 0. The van der Waals surface area contributed by atoms with Crippen molar-refractivity contribution >= 4 is 5.69 Å². The summed E-state index contributed by atoms with van der Waals surface area (Å²) in [4.78, 5) is 2.11. The average molecular weight is 282 g/mol. The second-order valence-electron chi connectivity index (χ2n) is 5.92. The van der Waals surface area contributed by atoms with Gasteiger partial charge in [0.1, 0.15) is 5.75 Å². The van der Waals surface area contributed by atoms with Gasteiger partial charge in [0.2, 0.25) is 0 Å². The second-order valence-corrected chi connectivity index (χ2v) is 5.92. The molecule has 1 aliphatic rings. The molecule has 2 aromatic carbocycles. The van der Waals surface area contributed by atoms with Gasteiger partial charge in [-0.05, 0) is 53.8 Å². The number of anilines is 1. The minimum Gasteiger partial charge on any atom is -0.508 e. The van der Waals surface area contributed by atoms with Crippen molar-refractivity contribution in [2.24, 2.45) is 0 Å². The Morgan fingerprint density at radius 2 is 1.90 bits per heavy atom. The molecule has 0 aromatic heterocycles. The third-order valence-electron chi connectivity index (χ3n) is 4.21.